The highest BCUT2D eigenvalue weighted by molar-refractivity contribution is 7.92. The van der Waals surface area contributed by atoms with Crippen LogP contribution in [0.4, 0.5) is 10.1 Å². The van der Waals surface area contributed by atoms with Gasteiger partial charge >= 0.3 is 5.97 Å². The van der Waals surface area contributed by atoms with Gasteiger partial charge in [0.25, 0.3) is 15.9 Å². The van der Waals surface area contributed by atoms with Crippen molar-refractivity contribution in [3.8, 4) is 0 Å². The number of benzene rings is 3. The van der Waals surface area contributed by atoms with Crippen molar-refractivity contribution in [3.05, 3.63) is 95.8 Å². The van der Waals surface area contributed by atoms with Crippen LogP contribution in [0.3, 0.4) is 0 Å². The minimum absolute atomic E-state index is 0.0115. The van der Waals surface area contributed by atoms with Crippen LogP contribution in [0.25, 0.3) is 0 Å². The molecule has 2 N–H and O–H groups in total. The monoisotopic (exact) mass is 456 g/mol. The largest absolute Gasteiger partial charge is 0.469 e. The van der Waals surface area contributed by atoms with Crippen LogP contribution >= 0.6 is 0 Å². The lowest BCUT2D eigenvalue weighted by molar-refractivity contribution is -0.141. The standard InChI is InChI=1S/C23H21FN2O5S/c1-31-22(27)15-21(16-7-11-18(24)12-8-16)25-23(28)17-9-13-20(14-10-17)32(29,30)26-19-5-3-2-4-6-19/h2-14,21,26H,15H2,1H3,(H,25,28). The van der Waals surface area contributed by atoms with Crippen molar-refractivity contribution in [1.82, 2.24) is 5.32 Å². The average Bonchev–Trinajstić information content (AvgIpc) is 2.79. The third-order valence-electron chi connectivity index (χ3n) is 4.63. The second kappa shape index (κ2) is 10.1. The summed E-state index contributed by atoms with van der Waals surface area (Å²) in [5.74, 6) is -1.52. The molecule has 0 aliphatic carbocycles. The summed E-state index contributed by atoms with van der Waals surface area (Å²) in [6.45, 7) is 0. The van der Waals surface area contributed by atoms with Gasteiger partial charge in [0, 0.05) is 11.3 Å². The Morgan fingerprint density at radius 3 is 2.16 bits per heavy atom. The highest BCUT2D eigenvalue weighted by atomic mass is 32.2. The predicted octanol–water partition coefficient (Wildman–Crippen LogP) is 3.66. The molecule has 0 saturated heterocycles. The summed E-state index contributed by atoms with van der Waals surface area (Å²) in [5, 5.41) is 2.71. The molecule has 0 aliphatic heterocycles. The molecule has 166 valence electrons. The summed E-state index contributed by atoms with van der Waals surface area (Å²) in [4.78, 5) is 24.5. The van der Waals surface area contributed by atoms with E-state index in [9.17, 15) is 22.4 Å². The lowest BCUT2D eigenvalue weighted by atomic mass is 10.0. The number of carbonyl (C=O) groups excluding carboxylic acids is 2. The van der Waals surface area contributed by atoms with Crippen LogP contribution in [0.2, 0.25) is 0 Å². The molecule has 3 rings (SSSR count). The van der Waals surface area contributed by atoms with Crippen molar-refractivity contribution >= 4 is 27.6 Å². The maximum Gasteiger partial charge on any atom is 0.307 e. The van der Waals surface area contributed by atoms with E-state index >= 15 is 0 Å². The molecule has 3 aromatic carbocycles. The van der Waals surface area contributed by atoms with E-state index in [0.717, 1.165) is 0 Å². The zero-order valence-corrected chi connectivity index (χ0v) is 17.9. The first-order valence-corrected chi connectivity index (χ1v) is 11.1. The average molecular weight is 456 g/mol. The fourth-order valence-electron chi connectivity index (χ4n) is 2.94. The van der Waals surface area contributed by atoms with Crippen LogP contribution in [0.5, 0.6) is 0 Å². The van der Waals surface area contributed by atoms with Crippen LogP contribution in [-0.2, 0) is 19.6 Å². The number of para-hydroxylation sites is 1. The molecule has 1 amide bonds. The Labute approximate surface area is 185 Å². The normalized spacial score (nSPS) is 11.9. The van der Waals surface area contributed by atoms with Crippen LogP contribution in [0, 0.1) is 5.82 Å². The predicted molar refractivity (Wildman–Crippen MR) is 117 cm³/mol. The van der Waals surface area contributed by atoms with E-state index in [-0.39, 0.29) is 16.9 Å². The molecule has 7 nitrogen and oxygen atoms in total. The van der Waals surface area contributed by atoms with Crippen LogP contribution < -0.4 is 10.0 Å². The number of hydrogen-bond acceptors (Lipinski definition) is 5. The number of methoxy groups -OCH3 is 1. The molecular weight excluding hydrogens is 435 g/mol. The first-order valence-electron chi connectivity index (χ1n) is 9.59. The molecule has 0 bridgehead atoms. The Bertz CT molecular complexity index is 1180. The van der Waals surface area contributed by atoms with Crippen LogP contribution in [0.1, 0.15) is 28.4 Å². The van der Waals surface area contributed by atoms with Gasteiger partial charge < -0.3 is 10.1 Å². The molecule has 0 radical (unpaired) electrons. The van der Waals surface area contributed by atoms with Crippen molar-refractivity contribution in [2.45, 2.75) is 17.4 Å². The third-order valence-corrected chi connectivity index (χ3v) is 6.03. The highest BCUT2D eigenvalue weighted by Gasteiger charge is 2.21. The highest BCUT2D eigenvalue weighted by Crippen LogP contribution is 2.20. The number of halogens is 1. The van der Waals surface area contributed by atoms with E-state index in [0.29, 0.717) is 11.3 Å². The van der Waals surface area contributed by atoms with Gasteiger partial charge in [0.15, 0.2) is 0 Å². The first kappa shape index (κ1) is 23.0. The fraction of sp³-hybridized carbons (Fsp3) is 0.130. The number of ether oxygens (including phenoxy) is 1. The summed E-state index contributed by atoms with van der Waals surface area (Å²) < 4.78 is 45.4. The zero-order valence-electron chi connectivity index (χ0n) is 17.1. The van der Waals surface area contributed by atoms with Gasteiger partial charge in [-0.15, -0.1) is 0 Å². The lowest BCUT2D eigenvalue weighted by Gasteiger charge is -2.18. The molecule has 0 heterocycles. The molecule has 1 atom stereocenters. The van der Waals surface area contributed by atoms with Gasteiger partial charge in [0.05, 0.1) is 24.5 Å². The minimum Gasteiger partial charge on any atom is -0.469 e. The van der Waals surface area contributed by atoms with Gasteiger partial charge in [-0.1, -0.05) is 30.3 Å². The van der Waals surface area contributed by atoms with E-state index in [4.69, 9.17) is 0 Å². The van der Waals surface area contributed by atoms with Crippen LogP contribution in [-0.4, -0.2) is 27.4 Å². The number of hydrogen-bond donors (Lipinski definition) is 2. The Kier molecular flexibility index (Phi) is 7.21. The summed E-state index contributed by atoms with van der Waals surface area (Å²) in [7, 11) is -2.59. The van der Waals surface area contributed by atoms with Crippen molar-refractivity contribution in [1.29, 1.82) is 0 Å². The second-order valence-corrected chi connectivity index (χ2v) is 8.54. The quantitative estimate of drug-likeness (QED) is 0.504. The van der Waals surface area contributed by atoms with Gasteiger partial charge in [-0.3, -0.25) is 14.3 Å². The second-order valence-electron chi connectivity index (χ2n) is 6.85. The molecule has 9 heteroatoms. The fourth-order valence-corrected chi connectivity index (χ4v) is 4.00. The van der Waals surface area contributed by atoms with Gasteiger partial charge in [0.2, 0.25) is 0 Å². The molecule has 32 heavy (non-hydrogen) atoms. The molecular formula is C23H21FN2O5S. The number of amides is 1. The summed E-state index contributed by atoms with van der Waals surface area (Å²) >= 11 is 0. The molecule has 0 aromatic heterocycles. The number of sulfonamides is 1. The summed E-state index contributed by atoms with van der Waals surface area (Å²) in [6, 6.07) is 18.4. The van der Waals surface area contributed by atoms with Crippen molar-refractivity contribution in [3.63, 3.8) is 0 Å². The SMILES string of the molecule is COC(=O)CC(NC(=O)c1ccc(S(=O)(=O)Nc2ccccc2)cc1)c1ccc(F)cc1. The van der Waals surface area contributed by atoms with E-state index < -0.39 is 33.8 Å². The van der Waals surface area contributed by atoms with E-state index in [1.165, 1.54) is 55.6 Å². The number of rotatable bonds is 8. The van der Waals surface area contributed by atoms with Crippen molar-refractivity contribution in [2.24, 2.45) is 0 Å². The Balaban J connectivity index is 1.75. The molecule has 1 unspecified atom stereocenters. The summed E-state index contributed by atoms with van der Waals surface area (Å²) in [6.07, 6.45) is -0.151. The van der Waals surface area contributed by atoms with Crippen molar-refractivity contribution in [2.75, 3.05) is 11.8 Å². The zero-order chi connectivity index (χ0) is 23.1. The summed E-state index contributed by atoms with van der Waals surface area (Å²) in [5.41, 5.74) is 1.14. The molecule has 0 spiro atoms. The molecule has 0 fully saturated rings. The van der Waals surface area contributed by atoms with Gasteiger partial charge in [0.1, 0.15) is 5.82 Å². The molecule has 0 saturated carbocycles. The van der Waals surface area contributed by atoms with Crippen molar-refractivity contribution < 1.29 is 27.1 Å². The number of anilines is 1. The number of nitrogens with one attached hydrogen (secondary N) is 2. The van der Waals surface area contributed by atoms with Gasteiger partial charge in [-0.25, -0.2) is 12.8 Å². The van der Waals surface area contributed by atoms with Crippen LogP contribution in [0.15, 0.2) is 83.8 Å². The maximum absolute atomic E-state index is 13.2. The maximum atomic E-state index is 13.2. The number of carbonyl (C=O) groups is 2. The first-order chi connectivity index (χ1) is 15.3. The van der Waals surface area contributed by atoms with Gasteiger partial charge in [-0.05, 0) is 54.1 Å². The van der Waals surface area contributed by atoms with Gasteiger partial charge in [-0.2, -0.15) is 0 Å². The molecule has 0 aliphatic rings. The van der Waals surface area contributed by atoms with E-state index in [1.54, 1.807) is 30.3 Å². The Hall–Kier alpha value is -3.72. The number of esters is 1. The lowest BCUT2D eigenvalue weighted by Crippen LogP contribution is -2.30. The minimum atomic E-state index is -3.82. The Morgan fingerprint density at radius 1 is 0.938 bits per heavy atom. The third kappa shape index (κ3) is 5.92. The Morgan fingerprint density at radius 2 is 1.56 bits per heavy atom. The van der Waals surface area contributed by atoms with E-state index in [2.05, 4.69) is 14.8 Å². The smallest absolute Gasteiger partial charge is 0.307 e. The topological polar surface area (TPSA) is 102 Å². The molecule has 3 aromatic rings. The van der Waals surface area contributed by atoms with E-state index in [1.807, 2.05) is 0 Å².